The fourth-order valence-corrected chi connectivity index (χ4v) is 3.42. The molecule has 2 heterocycles. The van der Waals surface area contributed by atoms with Crippen LogP contribution < -0.4 is 5.32 Å². The average molecular weight is 437 g/mol. The number of hydrogen-bond donors (Lipinski definition) is 1. The Morgan fingerprint density at radius 3 is 2.47 bits per heavy atom. The molecule has 30 heavy (non-hydrogen) atoms. The number of carbonyl (C=O) groups excluding carboxylic acids is 1. The molecule has 0 spiro atoms. The van der Waals surface area contributed by atoms with Crippen molar-refractivity contribution in [1.82, 2.24) is 20.1 Å². The molecule has 0 saturated heterocycles. The van der Waals surface area contributed by atoms with Crippen LogP contribution in [0.3, 0.4) is 0 Å². The Kier molecular flexibility index (Phi) is 6.12. The maximum atomic E-state index is 13.0. The number of carbonyl (C=O) groups is 1. The zero-order valence-electron chi connectivity index (χ0n) is 15.9. The maximum absolute atomic E-state index is 13.0. The lowest BCUT2D eigenvalue weighted by Gasteiger charge is -2.08. The van der Waals surface area contributed by atoms with Gasteiger partial charge in [-0.25, -0.2) is 4.68 Å². The highest BCUT2D eigenvalue weighted by Gasteiger charge is 2.18. The van der Waals surface area contributed by atoms with Gasteiger partial charge in [-0.3, -0.25) is 9.78 Å². The van der Waals surface area contributed by atoms with Gasteiger partial charge < -0.3 is 5.32 Å². The predicted molar refractivity (Wildman–Crippen MR) is 119 cm³/mol. The van der Waals surface area contributed by atoms with Crippen molar-refractivity contribution in [2.45, 2.75) is 6.42 Å². The zero-order valence-corrected chi connectivity index (χ0v) is 17.4. The molecular weight excluding hydrogens is 419 g/mol. The van der Waals surface area contributed by atoms with Gasteiger partial charge in [-0.05, 0) is 48.5 Å². The molecule has 0 fully saturated rings. The van der Waals surface area contributed by atoms with E-state index in [2.05, 4.69) is 15.4 Å². The van der Waals surface area contributed by atoms with Gasteiger partial charge in [0.15, 0.2) is 0 Å². The number of hydrogen-bond acceptors (Lipinski definition) is 3. The first-order valence-corrected chi connectivity index (χ1v) is 10.2. The highest BCUT2D eigenvalue weighted by atomic mass is 35.5. The molecule has 150 valence electrons. The van der Waals surface area contributed by atoms with Gasteiger partial charge in [0.1, 0.15) is 5.69 Å². The molecule has 0 bridgehead atoms. The van der Waals surface area contributed by atoms with E-state index in [1.165, 1.54) is 0 Å². The van der Waals surface area contributed by atoms with Crippen molar-refractivity contribution in [1.29, 1.82) is 0 Å². The first-order valence-electron chi connectivity index (χ1n) is 9.41. The third kappa shape index (κ3) is 4.53. The molecule has 0 atom stereocenters. The standard InChI is InChI=1S/C23H18Cl2N4O/c24-16-8-10-18(11-9-16)29-22(15-21(28-29)19-6-1-2-7-20(19)25)23(30)27-14-12-17-5-3-4-13-26-17/h1-11,13,15H,12,14H2,(H,27,30). The van der Waals surface area contributed by atoms with Crippen LogP contribution in [0.15, 0.2) is 79.0 Å². The Morgan fingerprint density at radius 2 is 1.73 bits per heavy atom. The minimum Gasteiger partial charge on any atom is -0.350 e. The minimum atomic E-state index is -0.230. The lowest BCUT2D eigenvalue weighted by Crippen LogP contribution is -2.28. The molecule has 1 N–H and O–H groups in total. The summed E-state index contributed by atoms with van der Waals surface area (Å²) in [6.45, 7) is 0.461. The Hall–Kier alpha value is -3.15. The van der Waals surface area contributed by atoms with Gasteiger partial charge in [-0.2, -0.15) is 5.10 Å². The predicted octanol–water partition coefficient (Wildman–Crippen LogP) is 5.21. The molecule has 4 aromatic rings. The molecular formula is C23H18Cl2N4O. The highest BCUT2D eigenvalue weighted by molar-refractivity contribution is 6.33. The Bertz CT molecular complexity index is 1160. The van der Waals surface area contributed by atoms with E-state index in [1.807, 2.05) is 48.5 Å². The summed E-state index contributed by atoms with van der Waals surface area (Å²) in [5, 5.41) is 8.77. The molecule has 0 saturated carbocycles. The second-order valence-corrected chi connectivity index (χ2v) is 7.45. The molecule has 0 aliphatic heterocycles. The summed E-state index contributed by atoms with van der Waals surface area (Å²) >= 11 is 12.4. The molecule has 1 amide bonds. The Balaban J connectivity index is 1.63. The smallest absolute Gasteiger partial charge is 0.270 e. The lowest BCUT2D eigenvalue weighted by molar-refractivity contribution is 0.0946. The van der Waals surface area contributed by atoms with Gasteiger partial charge in [0.2, 0.25) is 0 Å². The fraction of sp³-hybridized carbons (Fsp3) is 0.0870. The summed E-state index contributed by atoms with van der Waals surface area (Å²) in [6, 6.07) is 22.0. The van der Waals surface area contributed by atoms with Crippen molar-refractivity contribution in [3.05, 3.63) is 100 Å². The molecule has 5 nitrogen and oxygen atoms in total. The monoisotopic (exact) mass is 436 g/mol. The van der Waals surface area contributed by atoms with Gasteiger partial charge in [0.25, 0.3) is 5.91 Å². The first kappa shape index (κ1) is 20.1. The quantitative estimate of drug-likeness (QED) is 0.450. The van der Waals surface area contributed by atoms with E-state index in [0.29, 0.717) is 34.4 Å². The van der Waals surface area contributed by atoms with Crippen LogP contribution in [0.2, 0.25) is 10.0 Å². The van der Waals surface area contributed by atoms with E-state index in [9.17, 15) is 4.79 Å². The number of rotatable bonds is 6. The SMILES string of the molecule is O=C(NCCc1ccccn1)c1cc(-c2ccccc2Cl)nn1-c1ccc(Cl)cc1. The van der Waals surface area contributed by atoms with Crippen molar-refractivity contribution in [3.63, 3.8) is 0 Å². The first-order chi connectivity index (χ1) is 14.6. The topological polar surface area (TPSA) is 59.8 Å². The van der Waals surface area contributed by atoms with Crippen molar-refractivity contribution in [3.8, 4) is 16.9 Å². The molecule has 7 heteroatoms. The van der Waals surface area contributed by atoms with Crippen molar-refractivity contribution < 1.29 is 4.79 Å². The van der Waals surface area contributed by atoms with Crippen LogP contribution in [0, 0.1) is 0 Å². The number of nitrogens with zero attached hydrogens (tertiary/aromatic N) is 3. The molecule has 2 aromatic heterocycles. The van der Waals surface area contributed by atoms with Gasteiger partial charge in [0.05, 0.1) is 16.4 Å². The highest BCUT2D eigenvalue weighted by Crippen LogP contribution is 2.28. The van der Waals surface area contributed by atoms with Crippen LogP contribution in [0.25, 0.3) is 16.9 Å². The van der Waals surface area contributed by atoms with Crippen LogP contribution in [-0.4, -0.2) is 27.2 Å². The van der Waals surface area contributed by atoms with Crippen molar-refractivity contribution in [2.24, 2.45) is 0 Å². The van der Waals surface area contributed by atoms with Crippen LogP contribution in [-0.2, 0) is 6.42 Å². The van der Waals surface area contributed by atoms with E-state index in [4.69, 9.17) is 23.2 Å². The van der Waals surface area contributed by atoms with Gasteiger partial charge >= 0.3 is 0 Å². The Morgan fingerprint density at radius 1 is 0.967 bits per heavy atom. The lowest BCUT2D eigenvalue weighted by atomic mass is 10.1. The largest absolute Gasteiger partial charge is 0.350 e. The van der Waals surface area contributed by atoms with Crippen molar-refractivity contribution >= 4 is 29.1 Å². The number of benzene rings is 2. The van der Waals surface area contributed by atoms with E-state index in [-0.39, 0.29) is 5.91 Å². The summed E-state index contributed by atoms with van der Waals surface area (Å²) < 4.78 is 1.60. The van der Waals surface area contributed by atoms with Gasteiger partial charge in [-0.15, -0.1) is 0 Å². The minimum absolute atomic E-state index is 0.230. The molecule has 0 aliphatic carbocycles. The van der Waals surface area contributed by atoms with Crippen LogP contribution in [0.1, 0.15) is 16.2 Å². The second-order valence-electron chi connectivity index (χ2n) is 6.61. The van der Waals surface area contributed by atoms with Gasteiger partial charge in [0, 0.05) is 35.4 Å². The normalized spacial score (nSPS) is 10.7. The molecule has 0 aliphatic rings. The number of halogens is 2. The third-order valence-corrected chi connectivity index (χ3v) is 5.14. The molecule has 2 aromatic carbocycles. The second kappa shape index (κ2) is 9.11. The summed E-state index contributed by atoms with van der Waals surface area (Å²) in [7, 11) is 0. The molecule has 0 radical (unpaired) electrons. The molecule has 4 rings (SSSR count). The van der Waals surface area contributed by atoms with Crippen LogP contribution >= 0.6 is 23.2 Å². The summed E-state index contributed by atoms with van der Waals surface area (Å²) in [6.07, 6.45) is 2.38. The molecule has 0 unspecified atom stereocenters. The number of amides is 1. The van der Waals surface area contributed by atoms with E-state index in [1.54, 1.807) is 35.1 Å². The third-order valence-electron chi connectivity index (χ3n) is 4.56. The van der Waals surface area contributed by atoms with Gasteiger partial charge in [-0.1, -0.05) is 47.5 Å². The average Bonchev–Trinajstić information content (AvgIpc) is 3.20. The van der Waals surface area contributed by atoms with E-state index >= 15 is 0 Å². The Labute approximate surface area is 184 Å². The van der Waals surface area contributed by atoms with Crippen LogP contribution in [0.5, 0.6) is 0 Å². The summed E-state index contributed by atoms with van der Waals surface area (Å²) in [4.78, 5) is 17.3. The summed E-state index contributed by atoms with van der Waals surface area (Å²) in [5.41, 5.74) is 3.43. The summed E-state index contributed by atoms with van der Waals surface area (Å²) in [5.74, 6) is -0.230. The number of aromatic nitrogens is 3. The van der Waals surface area contributed by atoms with E-state index < -0.39 is 0 Å². The number of nitrogens with one attached hydrogen (secondary N) is 1. The van der Waals surface area contributed by atoms with Crippen LogP contribution in [0.4, 0.5) is 0 Å². The maximum Gasteiger partial charge on any atom is 0.270 e. The van der Waals surface area contributed by atoms with E-state index in [0.717, 1.165) is 16.9 Å². The fourth-order valence-electron chi connectivity index (χ4n) is 3.06. The number of pyridine rings is 1. The van der Waals surface area contributed by atoms with Crippen molar-refractivity contribution in [2.75, 3.05) is 6.54 Å². The zero-order chi connectivity index (χ0) is 20.9.